The van der Waals surface area contributed by atoms with E-state index in [1.807, 2.05) is 43.3 Å². The maximum Gasteiger partial charge on any atom is 0.262 e. The first-order valence-electron chi connectivity index (χ1n) is 5.77. The molecule has 1 aromatic heterocycles. The number of pyridine rings is 1. The average Bonchev–Trinajstić information content (AvgIpc) is 2.36. The van der Waals surface area contributed by atoms with Crippen molar-refractivity contribution >= 4 is 13.2 Å². The summed E-state index contributed by atoms with van der Waals surface area (Å²) >= 11 is 0. The van der Waals surface area contributed by atoms with Crippen LogP contribution in [0.3, 0.4) is 0 Å². The molecule has 3 nitrogen and oxygen atoms in total. The normalized spacial score (nSPS) is 12.3. The molecule has 1 aromatic carbocycles. The van der Waals surface area contributed by atoms with Gasteiger partial charge in [-0.25, -0.2) is 0 Å². The Bertz CT molecular complexity index is 715. The SMILES string of the molecule is C=c1cc(C(C)N)n(-c2ccccc2)c(=O)c1=C. The first kappa shape index (κ1) is 12.3. The Labute approximate surface area is 106 Å². The van der Waals surface area contributed by atoms with Gasteiger partial charge in [0.1, 0.15) is 0 Å². The molecule has 18 heavy (non-hydrogen) atoms. The van der Waals surface area contributed by atoms with Crippen molar-refractivity contribution in [3.63, 3.8) is 0 Å². The van der Waals surface area contributed by atoms with Crippen molar-refractivity contribution in [1.82, 2.24) is 4.57 Å². The van der Waals surface area contributed by atoms with Gasteiger partial charge in [0.2, 0.25) is 0 Å². The van der Waals surface area contributed by atoms with Crippen LogP contribution in [0.25, 0.3) is 18.8 Å². The molecule has 1 heterocycles. The summed E-state index contributed by atoms with van der Waals surface area (Å²) in [5.41, 5.74) is 7.30. The molecule has 1 unspecified atom stereocenters. The van der Waals surface area contributed by atoms with Crippen molar-refractivity contribution in [2.24, 2.45) is 5.73 Å². The first-order valence-corrected chi connectivity index (χ1v) is 5.77. The first-order chi connectivity index (χ1) is 8.52. The minimum absolute atomic E-state index is 0.166. The topological polar surface area (TPSA) is 48.0 Å². The van der Waals surface area contributed by atoms with E-state index < -0.39 is 0 Å². The van der Waals surface area contributed by atoms with E-state index in [1.54, 1.807) is 4.57 Å². The minimum Gasteiger partial charge on any atom is -0.323 e. The van der Waals surface area contributed by atoms with Crippen LogP contribution in [0.4, 0.5) is 0 Å². The van der Waals surface area contributed by atoms with E-state index >= 15 is 0 Å². The molecule has 0 saturated heterocycles. The zero-order chi connectivity index (χ0) is 13.3. The van der Waals surface area contributed by atoms with Crippen LogP contribution in [-0.2, 0) is 0 Å². The van der Waals surface area contributed by atoms with Crippen LogP contribution < -0.4 is 21.7 Å². The molecule has 0 aliphatic heterocycles. The maximum atomic E-state index is 12.3. The number of nitrogens with zero attached hydrogens (tertiary/aromatic N) is 1. The third kappa shape index (κ3) is 2.00. The number of rotatable bonds is 2. The van der Waals surface area contributed by atoms with Gasteiger partial charge in [0, 0.05) is 22.6 Å². The van der Waals surface area contributed by atoms with Crippen LogP contribution in [0.1, 0.15) is 18.7 Å². The summed E-state index contributed by atoms with van der Waals surface area (Å²) in [4.78, 5) is 12.3. The minimum atomic E-state index is -0.251. The second-order valence-electron chi connectivity index (χ2n) is 4.34. The average molecular weight is 240 g/mol. The van der Waals surface area contributed by atoms with E-state index in [0.29, 0.717) is 10.4 Å². The fraction of sp³-hybridized carbons (Fsp3) is 0.133. The summed E-state index contributed by atoms with van der Waals surface area (Å²) in [6, 6.07) is 11.0. The molecule has 0 spiro atoms. The van der Waals surface area contributed by atoms with E-state index in [0.717, 1.165) is 11.4 Å². The lowest BCUT2D eigenvalue weighted by molar-refractivity contribution is 0.724. The zero-order valence-corrected chi connectivity index (χ0v) is 10.4. The van der Waals surface area contributed by atoms with Crippen molar-refractivity contribution < 1.29 is 0 Å². The number of aromatic nitrogens is 1. The van der Waals surface area contributed by atoms with Gasteiger partial charge in [-0.3, -0.25) is 9.36 Å². The van der Waals surface area contributed by atoms with Crippen LogP contribution >= 0.6 is 0 Å². The summed E-state index contributed by atoms with van der Waals surface area (Å²) in [7, 11) is 0. The third-order valence-corrected chi connectivity index (χ3v) is 2.91. The number of hydrogen-bond donors (Lipinski definition) is 1. The summed E-state index contributed by atoms with van der Waals surface area (Å²) in [5.74, 6) is 0. The Hall–Kier alpha value is -2.13. The van der Waals surface area contributed by atoms with Gasteiger partial charge in [-0.15, -0.1) is 0 Å². The molecule has 1 atom stereocenters. The molecular formula is C15H16N2O. The van der Waals surface area contributed by atoms with Gasteiger partial charge in [-0.1, -0.05) is 31.4 Å². The van der Waals surface area contributed by atoms with Crippen LogP contribution in [0.5, 0.6) is 0 Å². The quantitative estimate of drug-likeness (QED) is 0.839. The van der Waals surface area contributed by atoms with Crippen LogP contribution in [0, 0.1) is 0 Å². The lowest BCUT2D eigenvalue weighted by Crippen LogP contribution is -2.44. The molecule has 2 rings (SSSR count). The number of hydrogen-bond acceptors (Lipinski definition) is 2. The smallest absolute Gasteiger partial charge is 0.262 e. The second-order valence-corrected chi connectivity index (χ2v) is 4.34. The van der Waals surface area contributed by atoms with Crippen molar-refractivity contribution in [2.45, 2.75) is 13.0 Å². The number of para-hydroxylation sites is 1. The Kier molecular flexibility index (Phi) is 3.17. The van der Waals surface area contributed by atoms with Crippen molar-refractivity contribution in [3.8, 4) is 5.69 Å². The van der Waals surface area contributed by atoms with Crippen molar-refractivity contribution in [3.05, 3.63) is 62.9 Å². The van der Waals surface area contributed by atoms with Gasteiger partial charge in [0.25, 0.3) is 5.56 Å². The predicted octanol–water partition coefficient (Wildman–Crippen LogP) is 0.678. The van der Waals surface area contributed by atoms with Crippen LogP contribution in [-0.4, -0.2) is 4.57 Å². The molecule has 0 amide bonds. The molecule has 0 radical (unpaired) electrons. The number of nitrogens with two attached hydrogens (primary N) is 1. The Morgan fingerprint density at radius 2 is 1.83 bits per heavy atom. The maximum absolute atomic E-state index is 12.3. The molecular weight excluding hydrogens is 224 g/mol. The summed E-state index contributed by atoms with van der Waals surface area (Å²) in [6.07, 6.45) is 0. The Morgan fingerprint density at radius 1 is 1.22 bits per heavy atom. The molecule has 0 fully saturated rings. The standard InChI is InChI=1S/C15H16N2O/c1-10-9-14(12(3)16)17(15(18)11(10)2)13-7-5-4-6-8-13/h4-9,12H,1-2,16H2,3H3. The van der Waals surface area contributed by atoms with E-state index in [4.69, 9.17) is 5.73 Å². The molecule has 0 aliphatic rings. The van der Waals surface area contributed by atoms with E-state index in [2.05, 4.69) is 13.2 Å². The van der Waals surface area contributed by atoms with Crippen molar-refractivity contribution in [1.29, 1.82) is 0 Å². The van der Waals surface area contributed by atoms with Gasteiger partial charge in [-0.2, -0.15) is 0 Å². The highest BCUT2D eigenvalue weighted by Gasteiger charge is 2.10. The lowest BCUT2D eigenvalue weighted by atomic mass is 10.1. The molecule has 2 aromatic rings. The van der Waals surface area contributed by atoms with Gasteiger partial charge in [-0.05, 0) is 30.3 Å². The zero-order valence-electron chi connectivity index (χ0n) is 10.4. The van der Waals surface area contributed by atoms with Gasteiger partial charge in [0.05, 0.1) is 0 Å². The van der Waals surface area contributed by atoms with E-state index in [9.17, 15) is 4.79 Å². The van der Waals surface area contributed by atoms with Gasteiger partial charge >= 0.3 is 0 Å². The van der Waals surface area contributed by atoms with Gasteiger partial charge < -0.3 is 5.73 Å². The molecule has 92 valence electrons. The van der Waals surface area contributed by atoms with Crippen LogP contribution in [0.2, 0.25) is 0 Å². The Balaban J connectivity index is 2.90. The fourth-order valence-corrected chi connectivity index (χ4v) is 1.90. The van der Waals surface area contributed by atoms with Crippen molar-refractivity contribution in [2.75, 3.05) is 0 Å². The fourth-order valence-electron chi connectivity index (χ4n) is 1.90. The van der Waals surface area contributed by atoms with Gasteiger partial charge in [0.15, 0.2) is 0 Å². The van der Waals surface area contributed by atoms with E-state index in [-0.39, 0.29) is 11.6 Å². The second kappa shape index (κ2) is 4.63. The molecule has 0 saturated carbocycles. The summed E-state index contributed by atoms with van der Waals surface area (Å²) in [6.45, 7) is 9.44. The van der Waals surface area contributed by atoms with Crippen LogP contribution in [0.15, 0.2) is 41.2 Å². The van der Waals surface area contributed by atoms with E-state index in [1.165, 1.54) is 0 Å². The molecule has 2 N–H and O–H groups in total. The Morgan fingerprint density at radius 3 is 2.39 bits per heavy atom. The monoisotopic (exact) mass is 240 g/mol. The highest BCUT2D eigenvalue weighted by molar-refractivity contribution is 5.36. The summed E-state index contributed by atoms with van der Waals surface area (Å²) in [5, 5.41) is 1.03. The molecule has 0 bridgehead atoms. The molecule has 3 heteroatoms. The lowest BCUT2D eigenvalue weighted by Gasteiger charge is -2.15. The summed E-state index contributed by atoms with van der Waals surface area (Å²) < 4.78 is 1.60. The third-order valence-electron chi connectivity index (χ3n) is 2.91. The largest absolute Gasteiger partial charge is 0.323 e. The number of benzene rings is 1. The molecule has 0 aliphatic carbocycles. The highest BCUT2D eigenvalue weighted by Crippen LogP contribution is 2.11. The highest BCUT2D eigenvalue weighted by atomic mass is 16.1. The predicted molar refractivity (Wildman–Crippen MR) is 74.9 cm³/mol.